The molecular weight excluding hydrogens is 176 g/mol. The van der Waals surface area contributed by atoms with E-state index in [1.165, 1.54) is 0 Å². The Kier molecular flexibility index (Phi) is 2.35. The number of aliphatic imine (C=N–C) groups is 1. The second kappa shape index (κ2) is 3.65. The second-order valence-corrected chi connectivity index (χ2v) is 3.75. The molecule has 73 valence electrons. The number of aromatic nitrogens is 2. The number of hydrogen-bond acceptors (Lipinski definition) is 2. The highest BCUT2D eigenvalue weighted by Gasteiger charge is 2.07. The summed E-state index contributed by atoms with van der Waals surface area (Å²) in [6.07, 6.45) is 7.13. The highest BCUT2D eigenvalue weighted by Crippen LogP contribution is 2.16. The van der Waals surface area contributed by atoms with E-state index in [0.29, 0.717) is 5.92 Å². The molecule has 0 saturated heterocycles. The highest BCUT2D eigenvalue weighted by atomic mass is 15.3. The molecule has 1 radical (unpaired) electrons. The van der Waals surface area contributed by atoms with Crippen LogP contribution in [-0.2, 0) is 6.54 Å². The summed E-state index contributed by atoms with van der Waals surface area (Å²) >= 11 is 0. The van der Waals surface area contributed by atoms with E-state index in [1.807, 2.05) is 17.1 Å². The minimum absolute atomic E-state index is 0.605. The van der Waals surface area contributed by atoms with Gasteiger partial charge in [-0.3, -0.25) is 4.68 Å². The standard InChI is InChI=1S/C10H13N4/c1-8(2)5-14-6-9(3-13-14)10-4-11-7-12-10/h3-4,6-8H,5H2,1-2H3. The molecule has 0 fully saturated rings. The Balaban J connectivity index is 2.13. The van der Waals surface area contributed by atoms with Crippen LogP contribution in [0.4, 0.5) is 0 Å². The number of nitrogens with zero attached hydrogens (tertiary/aromatic N) is 4. The Morgan fingerprint density at radius 2 is 2.29 bits per heavy atom. The quantitative estimate of drug-likeness (QED) is 0.710. The largest absolute Gasteiger partial charge is 0.272 e. The molecule has 14 heavy (non-hydrogen) atoms. The zero-order valence-electron chi connectivity index (χ0n) is 8.38. The molecule has 1 aromatic heterocycles. The summed E-state index contributed by atoms with van der Waals surface area (Å²) in [5.74, 6) is 0.605. The van der Waals surface area contributed by atoms with Crippen molar-refractivity contribution in [2.24, 2.45) is 10.9 Å². The van der Waals surface area contributed by atoms with Gasteiger partial charge in [0.05, 0.1) is 18.1 Å². The number of hydrogen-bond donors (Lipinski definition) is 0. The summed E-state index contributed by atoms with van der Waals surface area (Å²) < 4.78 is 1.94. The van der Waals surface area contributed by atoms with Gasteiger partial charge in [0.1, 0.15) is 6.34 Å². The molecule has 0 N–H and O–H groups in total. The lowest BCUT2D eigenvalue weighted by Crippen LogP contribution is -2.04. The topological polar surface area (TPSA) is 44.3 Å². The van der Waals surface area contributed by atoms with E-state index in [-0.39, 0.29) is 0 Å². The Morgan fingerprint density at radius 1 is 1.43 bits per heavy atom. The SMILES string of the molecule is CC(C)Cn1cc(C2=C[N]C=N2)cn1. The maximum absolute atomic E-state index is 4.26. The number of rotatable bonds is 3. The lowest BCUT2D eigenvalue weighted by Gasteiger charge is -2.03. The summed E-state index contributed by atoms with van der Waals surface area (Å²) in [6.45, 7) is 5.28. The minimum Gasteiger partial charge on any atom is -0.272 e. The van der Waals surface area contributed by atoms with E-state index >= 15 is 0 Å². The van der Waals surface area contributed by atoms with Crippen LogP contribution in [0.1, 0.15) is 19.4 Å². The van der Waals surface area contributed by atoms with Crippen molar-refractivity contribution in [3.63, 3.8) is 0 Å². The van der Waals surface area contributed by atoms with Gasteiger partial charge in [-0.15, -0.1) is 0 Å². The summed E-state index contributed by atoms with van der Waals surface area (Å²) in [6, 6.07) is 0. The lowest BCUT2D eigenvalue weighted by atomic mass is 10.2. The summed E-state index contributed by atoms with van der Waals surface area (Å²) in [5, 5.41) is 8.18. The molecule has 1 aromatic rings. The van der Waals surface area contributed by atoms with Crippen LogP contribution >= 0.6 is 0 Å². The van der Waals surface area contributed by atoms with Crippen molar-refractivity contribution in [2.75, 3.05) is 0 Å². The Labute approximate surface area is 83.3 Å². The van der Waals surface area contributed by atoms with Gasteiger partial charge in [-0.1, -0.05) is 13.8 Å². The first kappa shape index (κ1) is 8.99. The average molecular weight is 189 g/mol. The van der Waals surface area contributed by atoms with Crippen LogP contribution in [0, 0.1) is 5.92 Å². The van der Waals surface area contributed by atoms with Gasteiger partial charge in [-0.25, -0.2) is 10.3 Å². The zero-order valence-corrected chi connectivity index (χ0v) is 8.38. The van der Waals surface area contributed by atoms with Crippen LogP contribution in [-0.4, -0.2) is 16.1 Å². The fraction of sp³-hybridized carbons (Fsp3) is 0.400. The summed E-state index contributed by atoms with van der Waals surface area (Å²) in [7, 11) is 0. The molecule has 0 bridgehead atoms. The molecule has 1 aliphatic rings. The van der Waals surface area contributed by atoms with Crippen LogP contribution in [0.25, 0.3) is 5.70 Å². The second-order valence-electron chi connectivity index (χ2n) is 3.75. The highest BCUT2D eigenvalue weighted by molar-refractivity contribution is 5.78. The van der Waals surface area contributed by atoms with E-state index in [2.05, 4.69) is 29.3 Å². The van der Waals surface area contributed by atoms with Crippen molar-refractivity contribution in [1.29, 1.82) is 0 Å². The van der Waals surface area contributed by atoms with Gasteiger partial charge < -0.3 is 0 Å². The third-order valence-electron chi connectivity index (χ3n) is 1.94. The molecule has 1 aliphatic heterocycles. The first-order valence-electron chi connectivity index (χ1n) is 4.71. The maximum Gasteiger partial charge on any atom is 0.116 e. The first-order chi connectivity index (χ1) is 6.75. The average Bonchev–Trinajstić information content (AvgIpc) is 2.69. The molecule has 0 amide bonds. The van der Waals surface area contributed by atoms with Crippen LogP contribution < -0.4 is 5.32 Å². The fourth-order valence-corrected chi connectivity index (χ4v) is 1.35. The van der Waals surface area contributed by atoms with Crippen molar-refractivity contribution in [3.8, 4) is 0 Å². The molecule has 0 aromatic carbocycles. The normalized spacial score (nSPS) is 14.6. The summed E-state index contributed by atoms with van der Waals surface area (Å²) in [5.41, 5.74) is 1.92. The smallest absolute Gasteiger partial charge is 0.116 e. The monoisotopic (exact) mass is 189 g/mol. The maximum atomic E-state index is 4.26. The lowest BCUT2D eigenvalue weighted by molar-refractivity contribution is 0.483. The molecule has 4 nitrogen and oxygen atoms in total. The van der Waals surface area contributed by atoms with E-state index in [4.69, 9.17) is 0 Å². The van der Waals surface area contributed by atoms with Crippen LogP contribution in [0.15, 0.2) is 23.6 Å². The third kappa shape index (κ3) is 1.84. The van der Waals surface area contributed by atoms with Crippen molar-refractivity contribution >= 4 is 12.0 Å². The Hall–Kier alpha value is -1.58. The molecule has 0 spiro atoms. The fourth-order valence-electron chi connectivity index (χ4n) is 1.35. The first-order valence-corrected chi connectivity index (χ1v) is 4.71. The van der Waals surface area contributed by atoms with Crippen LogP contribution in [0.5, 0.6) is 0 Å². The molecule has 2 rings (SSSR count). The minimum atomic E-state index is 0.605. The molecule has 0 aliphatic carbocycles. The van der Waals surface area contributed by atoms with Gasteiger partial charge in [-0.2, -0.15) is 5.10 Å². The Morgan fingerprint density at radius 3 is 2.93 bits per heavy atom. The van der Waals surface area contributed by atoms with E-state index < -0.39 is 0 Å². The zero-order chi connectivity index (χ0) is 9.97. The van der Waals surface area contributed by atoms with Crippen molar-refractivity contribution in [1.82, 2.24) is 15.1 Å². The van der Waals surface area contributed by atoms with Crippen molar-refractivity contribution < 1.29 is 0 Å². The molecule has 0 atom stereocenters. The van der Waals surface area contributed by atoms with Gasteiger partial charge in [0.15, 0.2) is 0 Å². The summed E-state index contributed by atoms with van der Waals surface area (Å²) in [4.78, 5) is 4.11. The van der Waals surface area contributed by atoms with Gasteiger partial charge in [0.2, 0.25) is 0 Å². The van der Waals surface area contributed by atoms with Gasteiger partial charge in [-0.05, 0) is 5.92 Å². The van der Waals surface area contributed by atoms with Crippen LogP contribution in [0.3, 0.4) is 0 Å². The van der Waals surface area contributed by atoms with E-state index in [1.54, 1.807) is 12.5 Å². The van der Waals surface area contributed by atoms with Crippen molar-refractivity contribution in [3.05, 3.63) is 24.2 Å². The van der Waals surface area contributed by atoms with Crippen molar-refractivity contribution in [2.45, 2.75) is 20.4 Å². The Bertz CT molecular complexity index is 373. The predicted molar refractivity (Wildman–Crippen MR) is 55.7 cm³/mol. The van der Waals surface area contributed by atoms with Gasteiger partial charge >= 0.3 is 0 Å². The van der Waals surface area contributed by atoms with E-state index in [0.717, 1.165) is 17.8 Å². The predicted octanol–water partition coefficient (Wildman–Crippen LogP) is 1.48. The van der Waals surface area contributed by atoms with E-state index in [9.17, 15) is 0 Å². The van der Waals surface area contributed by atoms with Crippen LogP contribution in [0.2, 0.25) is 0 Å². The molecule has 4 heteroatoms. The molecular formula is C10H13N4. The third-order valence-corrected chi connectivity index (χ3v) is 1.94. The molecule has 0 unspecified atom stereocenters. The molecule has 2 heterocycles. The molecule has 0 saturated carbocycles. The van der Waals surface area contributed by atoms with Gasteiger partial charge in [0, 0.05) is 18.3 Å². The van der Waals surface area contributed by atoms with Gasteiger partial charge in [0.25, 0.3) is 0 Å².